The summed E-state index contributed by atoms with van der Waals surface area (Å²) in [6, 6.07) is 12.5. The largest absolute Gasteiger partial charge is 0.350 e. The van der Waals surface area contributed by atoms with Crippen LogP contribution in [0.25, 0.3) is 0 Å². The maximum Gasteiger partial charge on any atom is 0.251 e. The van der Waals surface area contributed by atoms with Crippen LogP contribution < -0.4 is 5.32 Å². The van der Waals surface area contributed by atoms with Gasteiger partial charge in [0.05, 0.1) is 6.04 Å². The molecular formula is C21H25FN2O. The van der Waals surface area contributed by atoms with Gasteiger partial charge in [-0.2, -0.15) is 0 Å². The fourth-order valence-corrected chi connectivity index (χ4v) is 3.45. The second-order valence-electron chi connectivity index (χ2n) is 6.93. The first-order chi connectivity index (χ1) is 12.0. The SMILES string of the molecule is CN(C)C(CNC(=O)c1ccc2c(c1)CCCC2)c1ccc(F)cc1. The van der Waals surface area contributed by atoms with Gasteiger partial charge in [-0.3, -0.25) is 4.79 Å². The van der Waals surface area contributed by atoms with Crippen molar-refractivity contribution in [1.82, 2.24) is 10.2 Å². The highest BCUT2D eigenvalue weighted by molar-refractivity contribution is 5.94. The summed E-state index contributed by atoms with van der Waals surface area (Å²) in [5.74, 6) is -0.304. The molecule has 0 aromatic heterocycles. The third kappa shape index (κ3) is 4.26. The third-order valence-corrected chi connectivity index (χ3v) is 4.94. The molecule has 1 aliphatic rings. The van der Waals surface area contributed by atoms with E-state index in [0.717, 1.165) is 24.0 Å². The van der Waals surface area contributed by atoms with Crippen molar-refractivity contribution >= 4 is 5.91 Å². The number of halogens is 1. The highest BCUT2D eigenvalue weighted by Crippen LogP contribution is 2.22. The number of benzene rings is 2. The lowest BCUT2D eigenvalue weighted by atomic mass is 9.90. The standard InChI is InChI=1S/C21H25FN2O/c1-24(2)20(16-9-11-19(22)12-10-16)14-23-21(25)18-8-7-15-5-3-4-6-17(15)13-18/h7-13,20H,3-6,14H2,1-2H3,(H,23,25). The summed E-state index contributed by atoms with van der Waals surface area (Å²) in [7, 11) is 3.91. The number of hydrogen-bond donors (Lipinski definition) is 1. The Hall–Kier alpha value is -2.20. The molecule has 0 bridgehead atoms. The van der Waals surface area contributed by atoms with Crippen LogP contribution in [0.5, 0.6) is 0 Å². The van der Waals surface area contributed by atoms with E-state index in [9.17, 15) is 9.18 Å². The lowest BCUT2D eigenvalue weighted by Crippen LogP contribution is -2.34. The quantitative estimate of drug-likeness (QED) is 0.899. The van der Waals surface area contributed by atoms with Crippen LogP contribution in [0.15, 0.2) is 42.5 Å². The van der Waals surface area contributed by atoms with E-state index in [0.29, 0.717) is 6.54 Å². The fourth-order valence-electron chi connectivity index (χ4n) is 3.45. The van der Waals surface area contributed by atoms with Crippen molar-refractivity contribution < 1.29 is 9.18 Å². The van der Waals surface area contributed by atoms with Gasteiger partial charge in [0.1, 0.15) is 5.82 Å². The van der Waals surface area contributed by atoms with Crippen LogP contribution in [-0.2, 0) is 12.8 Å². The summed E-state index contributed by atoms with van der Waals surface area (Å²) >= 11 is 0. The number of likely N-dealkylation sites (N-methyl/N-ethyl adjacent to an activating group) is 1. The minimum Gasteiger partial charge on any atom is -0.350 e. The average molecular weight is 340 g/mol. The number of aryl methyl sites for hydroxylation is 2. The molecule has 1 amide bonds. The number of carbonyl (C=O) groups excluding carboxylic acids is 1. The lowest BCUT2D eigenvalue weighted by Gasteiger charge is -2.25. The summed E-state index contributed by atoms with van der Waals surface area (Å²) in [6.07, 6.45) is 4.61. The Balaban J connectivity index is 1.68. The number of nitrogens with one attached hydrogen (secondary N) is 1. The molecular weight excluding hydrogens is 315 g/mol. The molecule has 132 valence electrons. The van der Waals surface area contributed by atoms with Crippen LogP contribution >= 0.6 is 0 Å². The predicted molar refractivity (Wildman–Crippen MR) is 98.2 cm³/mol. The van der Waals surface area contributed by atoms with Gasteiger partial charge >= 0.3 is 0 Å². The first kappa shape index (κ1) is 17.6. The minimum absolute atomic E-state index is 0.00202. The summed E-state index contributed by atoms with van der Waals surface area (Å²) in [5.41, 5.74) is 4.39. The average Bonchev–Trinajstić information content (AvgIpc) is 2.62. The molecule has 25 heavy (non-hydrogen) atoms. The minimum atomic E-state index is -0.251. The third-order valence-electron chi connectivity index (χ3n) is 4.94. The monoisotopic (exact) mass is 340 g/mol. The molecule has 0 saturated carbocycles. The number of carbonyl (C=O) groups is 1. The van der Waals surface area contributed by atoms with E-state index in [-0.39, 0.29) is 17.8 Å². The van der Waals surface area contributed by atoms with Gasteiger partial charge in [-0.15, -0.1) is 0 Å². The van der Waals surface area contributed by atoms with Gasteiger partial charge < -0.3 is 10.2 Å². The van der Waals surface area contributed by atoms with Gasteiger partial charge in [0.25, 0.3) is 5.91 Å². The molecule has 0 saturated heterocycles. The van der Waals surface area contributed by atoms with Crippen molar-refractivity contribution in [3.63, 3.8) is 0 Å². The number of nitrogens with zero attached hydrogens (tertiary/aromatic N) is 1. The number of amides is 1. The van der Waals surface area contributed by atoms with Gasteiger partial charge in [0, 0.05) is 12.1 Å². The van der Waals surface area contributed by atoms with E-state index in [4.69, 9.17) is 0 Å². The second kappa shape index (κ2) is 7.79. The Morgan fingerprint density at radius 1 is 1.08 bits per heavy atom. The van der Waals surface area contributed by atoms with Crippen LogP contribution in [0.4, 0.5) is 4.39 Å². The Labute approximate surface area is 148 Å². The zero-order valence-electron chi connectivity index (χ0n) is 14.9. The molecule has 0 fully saturated rings. The molecule has 1 N–H and O–H groups in total. The van der Waals surface area contributed by atoms with Crippen LogP contribution in [0.1, 0.15) is 45.9 Å². The Kier molecular flexibility index (Phi) is 5.49. The Morgan fingerprint density at radius 2 is 1.76 bits per heavy atom. The highest BCUT2D eigenvalue weighted by Gasteiger charge is 2.17. The molecule has 0 spiro atoms. The fraction of sp³-hybridized carbons (Fsp3) is 0.381. The molecule has 1 unspecified atom stereocenters. The van der Waals surface area contributed by atoms with Crippen molar-refractivity contribution in [3.05, 3.63) is 70.5 Å². The van der Waals surface area contributed by atoms with Crippen LogP contribution in [0, 0.1) is 5.82 Å². The number of rotatable bonds is 5. The van der Waals surface area contributed by atoms with Crippen molar-refractivity contribution in [2.45, 2.75) is 31.7 Å². The molecule has 0 heterocycles. The molecule has 4 heteroatoms. The number of fused-ring (bicyclic) bond motifs is 1. The topological polar surface area (TPSA) is 32.3 Å². The number of hydrogen-bond acceptors (Lipinski definition) is 2. The molecule has 0 aliphatic heterocycles. The van der Waals surface area contributed by atoms with Gasteiger partial charge in [0.15, 0.2) is 0 Å². The predicted octanol–water partition coefficient (Wildman–Crippen LogP) is 3.74. The molecule has 3 nitrogen and oxygen atoms in total. The van der Waals surface area contributed by atoms with Crippen LogP contribution in [-0.4, -0.2) is 31.4 Å². The maximum absolute atomic E-state index is 13.1. The summed E-state index contributed by atoms with van der Waals surface area (Å²) in [4.78, 5) is 14.6. The van der Waals surface area contributed by atoms with Gasteiger partial charge in [-0.25, -0.2) is 4.39 Å². The van der Waals surface area contributed by atoms with Gasteiger partial charge in [-0.05, 0) is 80.7 Å². The Bertz CT molecular complexity index is 740. The first-order valence-electron chi connectivity index (χ1n) is 8.86. The summed E-state index contributed by atoms with van der Waals surface area (Å²) in [5, 5.41) is 3.03. The van der Waals surface area contributed by atoms with E-state index in [1.165, 1.54) is 36.1 Å². The van der Waals surface area contributed by atoms with E-state index in [1.807, 2.05) is 31.1 Å². The van der Waals surface area contributed by atoms with E-state index in [2.05, 4.69) is 11.4 Å². The zero-order chi connectivity index (χ0) is 17.8. The second-order valence-corrected chi connectivity index (χ2v) is 6.93. The highest BCUT2D eigenvalue weighted by atomic mass is 19.1. The Morgan fingerprint density at radius 3 is 2.44 bits per heavy atom. The molecule has 0 radical (unpaired) electrons. The normalized spacial score (nSPS) is 14.9. The van der Waals surface area contributed by atoms with Gasteiger partial charge in [0.2, 0.25) is 0 Å². The molecule has 2 aromatic carbocycles. The van der Waals surface area contributed by atoms with Crippen molar-refractivity contribution in [3.8, 4) is 0 Å². The van der Waals surface area contributed by atoms with Crippen LogP contribution in [0.3, 0.4) is 0 Å². The lowest BCUT2D eigenvalue weighted by molar-refractivity contribution is 0.0941. The molecule has 3 rings (SSSR count). The zero-order valence-corrected chi connectivity index (χ0v) is 14.9. The maximum atomic E-state index is 13.1. The summed E-state index contributed by atoms with van der Waals surface area (Å²) < 4.78 is 13.1. The first-order valence-corrected chi connectivity index (χ1v) is 8.86. The van der Waals surface area contributed by atoms with Crippen molar-refractivity contribution in [1.29, 1.82) is 0 Å². The molecule has 1 aliphatic carbocycles. The van der Waals surface area contributed by atoms with E-state index < -0.39 is 0 Å². The van der Waals surface area contributed by atoms with Crippen molar-refractivity contribution in [2.24, 2.45) is 0 Å². The summed E-state index contributed by atoms with van der Waals surface area (Å²) in [6.45, 7) is 0.481. The molecule has 1 atom stereocenters. The molecule has 2 aromatic rings. The van der Waals surface area contributed by atoms with Crippen molar-refractivity contribution in [2.75, 3.05) is 20.6 Å². The van der Waals surface area contributed by atoms with Crippen LogP contribution in [0.2, 0.25) is 0 Å². The van der Waals surface area contributed by atoms with Gasteiger partial charge in [-0.1, -0.05) is 18.2 Å². The van der Waals surface area contributed by atoms with E-state index >= 15 is 0 Å². The smallest absolute Gasteiger partial charge is 0.251 e. The van der Waals surface area contributed by atoms with E-state index in [1.54, 1.807) is 12.1 Å².